The lowest BCUT2D eigenvalue weighted by molar-refractivity contribution is -0.355. The summed E-state index contributed by atoms with van der Waals surface area (Å²) in [6.45, 7) is -0.901. The normalized spacial score (nSPS) is 13.8. The van der Waals surface area contributed by atoms with Crippen molar-refractivity contribution >= 4 is 6.41 Å². The van der Waals surface area contributed by atoms with Gasteiger partial charge in [-0.25, -0.2) is 0 Å². The molecule has 0 spiro atoms. The van der Waals surface area contributed by atoms with Crippen LogP contribution in [0.3, 0.4) is 0 Å². The van der Waals surface area contributed by atoms with Crippen LogP contribution in [0.5, 0.6) is 0 Å². The van der Waals surface area contributed by atoms with Crippen LogP contribution < -0.4 is 0 Å². The fourth-order valence-electron chi connectivity index (χ4n) is 0.734. The van der Waals surface area contributed by atoms with Gasteiger partial charge in [-0.3, -0.25) is 4.79 Å². The van der Waals surface area contributed by atoms with Crippen LogP contribution in [0.25, 0.3) is 0 Å². The van der Waals surface area contributed by atoms with Gasteiger partial charge in [-0.2, -0.15) is 30.7 Å². The third kappa shape index (κ3) is 2.99. The lowest BCUT2D eigenvalue weighted by Crippen LogP contribution is -2.52. The number of amides is 1. The molecule has 0 rings (SSSR count). The average Bonchev–Trinajstić information content (AvgIpc) is 2.12. The molecule has 9 heteroatoms. The number of nitrogens with zero attached hydrogens (tertiary/aromatic N) is 1. The van der Waals surface area contributed by atoms with Crippen LogP contribution in [0, 0.1) is 0 Å². The Kier molecular flexibility index (Phi) is 4.18. The smallest absolute Gasteiger partial charge is 0.348 e. The first-order chi connectivity index (χ1) is 6.95. The van der Waals surface area contributed by atoms with Crippen LogP contribution in [0.15, 0.2) is 0 Å². The molecule has 16 heavy (non-hydrogen) atoms. The van der Waals surface area contributed by atoms with Gasteiger partial charge in [0.1, 0.15) is 0 Å². The van der Waals surface area contributed by atoms with Gasteiger partial charge in [0, 0.05) is 20.0 Å². The van der Waals surface area contributed by atoms with Gasteiger partial charge in [0.25, 0.3) is 0 Å². The third-order valence-corrected chi connectivity index (χ3v) is 1.77. The second kappa shape index (κ2) is 4.46. The molecular formula is C7H8F7NO. The number of rotatable bonds is 5. The van der Waals surface area contributed by atoms with E-state index < -0.39 is 31.0 Å². The van der Waals surface area contributed by atoms with Crippen molar-refractivity contribution in [2.75, 3.05) is 13.6 Å². The van der Waals surface area contributed by atoms with E-state index in [4.69, 9.17) is 0 Å². The fourth-order valence-corrected chi connectivity index (χ4v) is 0.734. The standard InChI is InChI=1S/C7H8F7NO/c1-15(4-16)3-2-5(8,9)6(10,11)7(12,13)14/h4H,2-3H2,1H3. The highest BCUT2D eigenvalue weighted by Gasteiger charge is 2.72. The summed E-state index contributed by atoms with van der Waals surface area (Å²) in [5.74, 6) is -11.4. The highest BCUT2D eigenvalue weighted by molar-refractivity contribution is 5.46. The molecule has 0 saturated heterocycles. The summed E-state index contributed by atoms with van der Waals surface area (Å²) in [7, 11) is 0.981. The highest BCUT2D eigenvalue weighted by Crippen LogP contribution is 2.47. The summed E-state index contributed by atoms with van der Waals surface area (Å²) < 4.78 is 84.6. The van der Waals surface area contributed by atoms with E-state index in [0.29, 0.717) is 4.90 Å². The minimum Gasteiger partial charge on any atom is -0.348 e. The van der Waals surface area contributed by atoms with Crippen LogP contribution in [-0.4, -0.2) is 42.9 Å². The van der Waals surface area contributed by atoms with E-state index in [9.17, 15) is 35.5 Å². The zero-order valence-electron chi connectivity index (χ0n) is 7.99. The summed E-state index contributed by atoms with van der Waals surface area (Å²) in [6.07, 6.45) is -8.05. The quantitative estimate of drug-likeness (QED) is 0.545. The van der Waals surface area contributed by atoms with E-state index in [1.165, 1.54) is 0 Å². The molecule has 0 saturated carbocycles. The van der Waals surface area contributed by atoms with Crippen molar-refractivity contribution in [1.82, 2.24) is 4.90 Å². The Labute approximate surface area is 86.0 Å². The van der Waals surface area contributed by atoms with E-state index in [1.54, 1.807) is 0 Å². The van der Waals surface area contributed by atoms with Crippen molar-refractivity contribution in [1.29, 1.82) is 0 Å². The Morgan fingerprint density at radius 3 is 1.81 bits per heavy atom. The van der Waals surface area contributed by atoms with Crippen LogP contribution in [0.1, 0.15) is 6.42 Å². The molecular weight excluding hydrogens is 247 g/mol. The summed E-state index contributed by atoms with van der Waals surface area (Å²) in [4.78, 5) is 10.5. The molecule has 0 aromatic carbocycles. The number of hydrogen-bond acceptors (Lipinski definition) is 1. The SMILES string of the molecule is CN(C=O)CCC(F)(F)C(F)(F)C(F)(F)F. The predicted octanol–water partition coefficient (Wildman–Crippen LogP) is 2.30. The maximum atomic E-state index is 12.6. The first kappa shape index (κ1) is 15.0. The predicted molar refractivity (Wildman–Crippen MR) is 39.3 cm³/mol. The fraction of sp³-hybridized carbons (Fsp3) is 0.857. The topological polar surface area (TPSA) is 20.3 Å². The molecule has 0 aliphatic heterocycles. The Morgan fingerprint density at radius 1 is 1.06 bits per heavy atom. The van der Waals surface area contributed by atoms with Crippen LogP contribution in [0.4, 0.5) is 30.7 Å². The molecule has 0 radical (unpaired) electrons. The average molecular weight is 255 g/mol. The number of alkyl halides is 7. The van der Waals surface area contributed by atoms with Crippen molar-refractivity contribution in [3.63, 3.8) is 0 Å². The number of halogens is 7. The lowest BCUT2D eigenvalue weighted by Gasteiger charge is -2.28. The first-order valence-electron chi connectivity index (χ1n) is 3.93. The van der Waals surface area contributed by atoms with Gasteiger partial charge in [0.2, 0.25) is 6.41 Å². The van der Waals surface area contributed by atoms with Crippen molar-refractivity contribution in [2.24, 2.45) is 0 Å². The van der Waals surface area contributed by atoms with Gasteiger partial charge < -0.3 is 4.90 Å². The second-order valence-corrected chi connectivity index (χ2v) is 3.11. The monoisotopic (exact) mass is 255 g/mol. The van der Waals surface area contributed by atoms with Crippen molar-refractivity contribution in [3.05, 3.63) is 0 Å². The molecule has 0 N–H and O–H groups in total. The Hall–Kier alpha value is -1.02. The molecule has 96 valence electrons. The van der Waals surface area contributed by atoms with Crippen LogP contribution in [0.2, 0.25) is 0 Å². The first-order valence-corrected chi connectivity index (χ1v) is 3.93. The van der Waals surface area contributed by atoms with Gasteiger partial charge >= 0.3 is 18.0 Å². The summed E-state index contributed by atoms with van der Waals surface area (Å²) in [5.41, 5.74) is 0. The Morgan fingerprint density at radius 2 is 1.50 bits per heavy atom. The Bertz CT molecular complexity index is 250. The molecule has 0 fully saturated rings. The van der Waals surface area contributed by atoms with Crippen molar-refractivity contribution in [2.45, 2.75) is 24.4 Å². The van der Waals surface area contributed by atoms with Gasteiger partial charge in [-0.15, -0.1) is 0 Å². The van der Waals surface area contributed by atoms with E-state index in [-0.39, 0.29) is 6.41 Å². The Balaban J connectivity index is 4.71. The zero-order chi connectivity index (χ0) is 13.2. The minimum absolute atomic E-state index is 0.0435. The maximum absolute atomic E-state index is 12.6. The van der Waals surface area contributed by atoms with Gasteiger partial charge in [-0.1, -0.05) is 0 Å². The molecule has 0 atom stereocenters. The van der Waals surface area contributed by atoms with Gasteiger partial charge in [0.05, 0.1) is 0 Å². The molecule has 0 aliphatic rings. The summed E-state index contributed by atoms with van der Waals surface area (Å²) >= 11 is 0. The molecule has 0 aromatic heterocycles. The molecule has 0 bridgehead atoms. The third-order valence-electron chi connectivity index (χ3n) is 1.77. The molecule has 2 nitrogen and oxygen atoms in total. The highest BCUT2D eigenvalue weighted by atomic mass is 19.4. The van der Waals surface area contributed by atoms with Crippen molar-refractivity contribution < 1.29 is 35.5 Å². The van der Waals surface area contributed by atoms with Crippen LogP contribution in [-0.2, 0) is 4.79 Å². The number of carbonyl (C=O) groups is 1. The molecule has 0 aromatic rings. The summed E-state index contributed by atoms with van der Waals surface area (Å²) in [5, 5.41) is 0. The zero-order valence-corrected chi connectivity index (χ0v) is 7.99. The van der Waals surface area contributed by atoms with E-state index in [1.807, 2.05) is 0 Å². The largest absolute Gasteiger partial charge is 0.459 e. The molecule has 0 unspecified atom stereocenters. The number of hydrogen-bond donors (Lipinski definition) is 0. The second-order valence-electron chi connectivity index (χ2n) is 3.11. The van der Waals surface area contributed by atoms with Crippen molar-refractivity contribution in [3.8, 4) is 0 Å². The van der Waals surface area contributed by atoms with E-state index in [2.05, 4.69) is 0 Å². The molecule has 0 heterocycles. The van der Waals surface area contributed by atoms with E-state index >= 15 is 0 Å². The van der Waals surface area contributed by atoms with E-state index in [0.717, 1.165) is 7.05 Å². The van der Waals surface area contributed by atoms with Crippen LogP contribution >= 0.6 is 0 Å². The maximum Gasteiger partial charge on any atom is 0.459 e. The minimum atomic E-state index is -6.32. The van der Waals surface area contributed by atoms with Gasteiger partial charge in [0.15, 0.2) is 0 Å². The number of carbonyl (C=O) groups excluding carboxylic acids is 1. The lowest BCUT2D eigenvalue weighted by atomic mass is 10.1. The molecule has 0 aliphatic carbocycles. The summed E-state index contributed by atoms with van der Waals surface area (Å²) in [6, 6.07) is 0. The molecule has 1 amide bonds. The van der Waals surface area contributed by atoms with Gasteiger partial charge in [-0.05, 0) is 0 Å².